The fourth-order valence-corrected chi connectivity index (χ4v) is 6.69. The van der Waals surface area contributed by atoms with Crippen LogP contribution in [0, 0.1) is 12.8 Å². The summed E-state index contributed by atoms with van der Waals surface area (Å²) < 4.78 is 29.7. The van der Waals surface area contributed by atoms with Gasteiger partial charge in [0.2, 0.25) is 11.8 Å². The average molecular weight is 536 g/mol. The molecule has 3 unspecified atom stereocenters. The molecule has 38 heavy (non-hydrogen) atoms. The zero-order chi connectivity index (χ0) is 26.8. The van der Waals surface area contributed by atoms with Gasteiger partial charge in [0.25, 0.3) is 11.8 Å². The van der Waals surface area contributed by atoms with Crippen molar-refractivity contribution in [2.24, 2.45) is 5.92 Å². The number of aryl methyl sites for hydroxylation is 1. The van der Waals surface area contributed by atoms with E-state index in [1.807, 2.05) is 25.3 Å². The molecule has 3 aromatic rings. The third-order valence-corrected chi connectivity index (χ3v) is 9.04. The van der Waals surface area contributed by atoms with Crippen molar-refractivity contribution in [1.29, 1.82) is 0 Å². The third kappa shape index (κ3) is 4.09. The normalized spacial score (nSPS) is 22.7. The van der Waals surface area contributed by atoms with E-state index in [9.17, 15) is 23.2 Å². The number of rotatable bonds is 6. The minimum absolute atomic E-state index is 0.0215. The summed E-state index contributed by atoms with van der Waals surface area (Å²) in [4.78, 5) is 41.8. The minimum atomic E-state index is -3.12. The molecule has 1 saturated heterocycles. The van der Waals surface area contributed by atoms with Gasteiger partial charge in [0, 0.05) is 27.6 Å². The number of fused-ring (bicyclic) bond motifs is 4. The molecule has 2 aliphatic carbocycles. The molecule has 9 heteroatoms. The van der Waals surface area contributed by atoms with E-state index >= 15 is 0 Å². The van der Waals surface area contributed by atoms with E-state index in [0.717, 1.165) is 16.9 Å². The van der Waals surface area contributed by atoms with Crippen LogP contribution >= 0.6 is 11.3 Å². The first-order valence-electron chi connectivity index (χ1n) is 12.7. The van der Waals surface area contributed by atoms with Gasteiger partial charge in [-0.2, -0.15) is 8.78 Å². The van der Waals surface area contributed by atoms with Gasteiger partial charge >= 0.3 is 0 Å². The van der Waals surface area contributed by atoms with Crippen LogP contribution in [0.4, 0.5) is 8.78 Å². The predicted octanol–water partition coefficient (Wildman–Crippen LogP) is 4.77. The van der Waals surface area contributed by atoms with E-state index < -0.39 is 17.9 Å². The molecule has 3 aliphatic rings. The van der Waals surface area contributed by atoms with Crippen molar-refractivity contribution in [2.45, 2.75) is 50.7 Å². The first-order chi connectivity index (χ1) is 18.1. The molecular weight excluding hydrogens is 508 g/mol. The molecule has 0 radical (unpaired) electrons. The first-order valence-corrected chi connectivity index (χ1v) is 13.6. The smallest absolute Gasteiger partial charge is 0.299 e. The van der Waals surface area contributed by atoms with Crippen LogP contribution in [-0.4, -0.2) is 41.2 Å². The summed E-state index contributed by atoms with van der Waals surface area (Å²) in [7, 11) is 0. The Hall–Kier alpha value is -3.59. The van der Waals surface area contributed by atoms with Crippen molar-refractivity contribution in [1.82, 2.24) is 15.5 Å². The van der Waals surface area contributed by atoms with Crippen LogP contribution in [-0.2, 0) is 15.5 Å². The molecule has 4 atom stereocenters. The second-order valence-corrected chi connectivity index (χ2v) is 11.4. The van der Waals surface area contributed by atoms with Crippen molar-refractivity contribution in [3.63, 3.8) is 0 Å². The van der Waals surface area contributed by atoms with Crippen molar-refractivity contribution >= 4 is 29.1 Å². The molecule has 2 fully saturated rings. The number of alkyl halides is 2. The number of benzene rings is 2. The molecular formula is C29H27F2N3O3S. The molecule has 2 heterocycles. The molecule has 1 aromatic heterocycles. The predicted molar refractivity (Wildman–Crippen MR) is 140 cm³/mol. The van der Waals surface area contributed by atoms with Gasteiger partial charge in [0.05, 0.1) is 12.6 Å². The van der Waals surface area contributed by atoms with Crippen LogP contribution in [0.25, 0.3) is 11.1 Å². The van der Waals surface area contributed by atoms with E-state index in [1.165, 1.54) is 24.3 Å². The number of nitrogens with one attached hydrogen (secondary N) is 2. The Balaban J connectivity index is 1.12. The van der Waals surface area contributed by atoms with Gasteiger partial charge in [-0.15, -0.1) is 11.3 Å². The molecule has 0 bridgehead atoms. The van der Waals surface area contributed by atoms with Crippen LogP contribution in [0.1, 0.15) is 57.7 Å². The maximum absolute atomic E-state index is 14.8. The Labute approximate surface area is 223 Å². The number of amides is 3. The van der Waals surface area contributed by atoms with Gasteiger partial charge < -0.3 is 15.5 Å². The minimum Gasteiger partial charge on any atom is -0.347 e. The summed E-state index contributed by atoms with van der Waals surface area (Å²) in [6, 6.07) is 11.7. The van der Waals surface area contributed by atoms with Gasteiger partial charge in [-0.1, -0.05) is 30.3 Å². The van der Waals surface area contributed by atoms with Gasteiger partial charge in [-0.25, -0.2) is 0 Å². The quantitative estimate of drug-likeness (QED) is 0.477. The van der Waals surface area contributed by atoms with Crippen LogP contribution in [0.5, 0.6) is 0 Å². The van der Waals surface area contributed by atoms with Crippen molar-refractivity contribution in [3.8, 4) is 11.1 Å². The van der Waals surface area contributed by atoms with Crippen LogP contribution < -0.4 is 10.6 Å². The molecule has 1 aliphatic heterocycles. The van der Waals surface area contributed by atoms with Gasteiger partial charge in [-0.05, 0) is 72.9 Å². The fourth-order valence-electron chi connectivity index (χ4n) is 5.78. The maximum Gasteiger partial charge on any atom is 0.299 e. The highest BCUT2D eigenvalue weighted by Gasteiger charge is 2.56. The molecule has 0 spiro atoms. The molecule has 3 amide bonds. The summed E-state index contributed by atoms with van der Waals surface area (Å²) in [6.07, 6.45) is 1.48. The van der Waals surface area contributed by atoms with Crippen molar-refractivity contribution < 1.29 is 23.2 Å². The highest BCUT2D eigenvalue weighted by Crippen LogP contribution is 2.51. The van der Waals surface area contributed by atoms with Crippen molar-refractivity contribution in [3.05, 3.63) is 81.0 Å². The monoisotopic (exact) mass is 535 g/mol. The lowest BCUT2D eigenvalue weighted by molar-refractivity contribution is -0.139. The SMILES string of the molecule is Cc1csc([C@@H](C)NC(=O)C2CC3CC3N2C(=O)CNC(=O)c2ccc3c(c2)-c2ccccc2C3(F)F)c1. The third-order valence-electron chi connectivity index (χ3n) is 7.81. The number of piperidine rings is 1. The van der Waals surface area contributed by atoms with E-state index in [4.69, 9.17) is 0 Å². The first kappa shape index (κ1) is 24.7. The van der Waals surface area contributed by atoms with E-state index in [0.29, 0.717) is 23.5 Å². The number of halogens is 2. The highest BCUT2D eigenvalue weighted by atomic mass is 32.1. The molecule has 6 rings (SSSR count). The standard InChI is InChI=1S/C29H27F2N3O3S/c1-15-9-25(38-14-15)16(2)33-28(37)24-12-18-11-23(18)34(24)26(35)13-32-27(36)17-7-8-22-20(10-17)19-5-3-4-6-21(19)29(22,30)31/h3-10,14,16,18,23-24H,11-13H2,1-2H3,(H,32,36)(H,33,37)/t16-,18?,23?,24?/m1/s1. The Bertz CT molecular complexity index is 1470. The maximum atomic E-state index is 14.8. The van der Waals surface area contributed by atoms with E-state index in [-0.39, 0.29) is 47.1 Å². The van der Waals surface area contributed by atoms with Gasteiger partial charge in [-0.3, -0.25) is 14.4 Å². The summed E-state index contributed by atoms with van der Waals surface area (Å²) in [5.41, 5.74) is 1.84. The zero-order valence-electron chi connectivity index (χ0n) is 21.0. The number of nitrogens with zero attached hydrogens (tertiary/aromatic N) is 1. The molecule has 2 N–H and O–H groups in total. The molecule has 2 aromatic carbocycles. The number of thiophene rings is 1. The summed E-state index contributed by atoms with van der Waals surface area (Å²) in [5, 5.41) is 7.70. The number of hydrogen-bond donors (Lipinski definition) is 2. The van der Waals surface area contributed by atoms with E-state index in [1.54, 1.807) is 34.4 Å². The highest BCUT2D eigenvalue weighted by molar-refractivity contribution is 7.10. The van der Waals surface area contributed by atoms with Crippen LogP contribution in [0.2, 0.25) is 0 Å². The Kier molecular flexibility index (Phi) is 5.86. The Morgan fingerprint density at radius 2 is 1.84 bits per heavy atom. The van der Waals surface area contributed by atoms with Gasteiger partial charge in [0.15, 0.2) is 0 Å². The number of carbonyl (C=O) groups excluding carboxylic acids is 3. The number of hydrogen-bond acceptors (Lipinski definition) is 4. The summed E-state index contributed by atoms with van der Waals surface area (Å²) >= 11 is 1.59. The summed E-state index contributed by atoms with van der Waals surface area (Å²) in [6.45, 7) is 3.66. The second-order valence-electron chi connectivity index (χ2n) is 10.4. The van der Waals surface area contributed by atoms with Gasteiger partial charge in [0.1, 0.15) is 6.04 Å². The number of likely N-dealkylation sites (tertiary alicyclic amines) is 1. The topological polar surface area (TPSA) is 78.5 Å². The van der Waals surface area contributed by atoms with E-state index in [2.05, 4.69) is 10.6 Å². The Morgan fingerprint density at radius 1 is 1.08 bits per heavy atom. The fraction of sp³-hybridized carbons (Fsp3) is 0.345. The number of carbonyl (C=O) groups is 3. The lowest BCUT2D eigenvalue weighted by Crippen LogP contribution is -2.51. The van der Waals surface area contributed by atoms with Crippen LogP contribution in [0.3, 0.4) is 0 Å². The molecule has 6 nitrogen and oxygen atoms in total. The zero-order valence-corrected chi connectivity index (χ0v) is 21.8. The summed E-state index contributed by atoms with van der Waals surface area (Å²) in [5.74, 6) is -3.84. The average Bonchev–Trinajstić information content (AvgIpc) is 3.24. The van der Waals surface area contributed by atoms with Crippen LogP contribution in [0.15, 0.2) is 53.9 Å². The molecule has 196 valence electrons. The lowest BCUT2D eigenvalue weighted by Gasteiger charge is -2.28. The largest absolute Gasteiger partial charge is 0.347 e. The molecule has 1 saturated carbocycles. The Morgan fingerprint density at radius 3 is 2.61 bits per heavy atom. The lowest BCUT2D eigenvalue weighted by atomic mass is 10.0. The van der Waals surface area contributed by atoms with Crippen molar-refractivity contribution in [2.75, 3.05) is 6.54 Å². The second kappa shape index (κ2) is 9.01.